The number of rotatable bonds is 4. The third-order valence-corrected chi connectivity index (χ3v) is 11.9. The summed E-state index contributed by atoms with van der Waals surface area (Å²) in [6.45, 7) is 0. The third-order valence-electron chi connectivity index (χ3n) is 11.9. The minimum atomic E-state index is 1.12. The zero-order chi connectivity index (χ0) is 36.0. The van der Waals surface area contributed by atoms with Gasteiger partial charge in [0.1, 0.15) is 0 Å². The van der Waals surface area contributed by atoms with Gasteiger partial charge in [-0.15, -0.1) is 0 Å². The maximum absolute atomic E-state index is 2.49. The van der Waals surface area contributed by atoms with Crippen molar-refractivity contribution in [3.63, 3.8) is 0 Å². The summed E-state index contributed by atoms with van der Waals surface area (Å²) in [5, 5.41) is 20.4. The standard InChI is InChI=1S/C54H33N/c1-2-11-34(12-3-1)35-27-29-41(30-28-35)55(50-32-39-13-4-5-17-43(39)44-18-6-7-19-45(44)50)42-31-40-26-25-38-15-9-21-47-46-20-8-14-36-23-24-37-16-10-22-48(53(37)51(36)46)49(33-42)54(40)52(38)47/h1-33H. The van der Waals surface area contributed by atoms with Gasteiger partial charge in [0, 0.05) is 16.8 Å². The van der Waals surface area contributed by atoms with Gasteiger partial charge in [-0.25, -0.2) is 0 Å². The van der Waals surface area contributed by atoms with Crippen molar-refractivity contribution in [1.29, 1.82) is 0 Å². The zero-order valence-corrected chi connectivity index (χ0v) is 30.0. The molecule has 1 heteroatoms. The molecule has 0 aliphatic heterocycles. The van der Waals surface area contributed by atoms with Crippen molar-refractivity contribution >= 4 is 103 Å². The lowest BCUT2D eigenvalue weighted by Gasteiger charge is -2.29. The molecule has 12 aromatic rings. The first kappa shape index (κ1) is 30.3. The van der Waals surface area contributed by atoms with Gasteiger partial charge in [-0.1, -0.05) is 170 Å². The number of fused-ring (bicyclic) bond motifs is 5. The highest BCUT2D eigenvalue weighted by atomic mass is 15.1. The molecule has 55 heavy (non-hydrogen) atoms. The topological polar surface area (TPSA) is 3.24 Å². The first-order valence-corrected chi connectivity index (χ1v) is 19.1. The highest BCUT2D eigenvalue weighted by molar-refractivity contribution is 6.37. The number of benzene rings is 11. The SMILES string of the molecule is c1ccc(-c2ccc(N(c3cc4ccc5cccc6c7cccc8ccc9cccc(c(c3)c4c56)c9c87)c3cc4ccccc4c4ccccc34)cc2)cc1. The maximum atomic E-state index is 2.49. The number of hydrogen-bond acceptors (Lipinski definition) is 1. The van der Waals surface area contributed by atoms with Gasteiger partial charge in [-0.2, -0.15) is 0 Å². The van der Waals surface area contributed by atoms with Crippen LogP contribution in [-0.4, -0.2) is 0 Å². The van der Waals surface area contributed by atoms with E-state index in [0.29, 0.717) is 0 Å². The van der Waals surface area contributed by atoms with Crippen LogP contribution < -0.4 is 4.90 Å². The summed E-state index contributed by atoms with van der Waals surface area (Å²) < 4.78 is 0. The molecule has 0 spiro atoms. The lowest BCUT2D eigenvalue weighted by Crippen LogP contribution is -2.11. The molecule has 12 rings (SSSR count). The molecule has 0 radical (unpaired) electrons. The Morgan fingerprint density at radius 1 is 0.236 bits per heavy atom. The van der Waals surface area contributed by atoms with E-state index in [4.69, 9.17) is 0 Å². The largest absolute Gasteiger partial charge is 0.310 e. The molecular weight excluding hydrogens is 663 g/mol. The maximum Gasteiger partial charge on any atom is 0.0546 e. The van der Waals surface area contributed by atoms with Crippen LogP contribution in [0.2, 0.25) is 0 Å². The van der Waals surface area contributed by atoms with Crippen LogP contribution in [0, 0.1) is 0 Å². The van der Waals surface area contributed by atoms with Crippen LogP contribution in [-0.2, 0) is 0 Å². The molecule has 12 aromatic carbocycles. The van der Waals surface area contributed by atoms with Crippen molar-refractivity contribution < 1.29 is 0 Å². The second kappa shape index (κ2) is 11.6. The smallest absolute Gasteiger partial charge is 0.0546 e. The van der Waals surface area contributed by atoms with Gasteiger partial charge in [0.15, 0.2) is 0 Å². The molecule has 0 atom stereocenters. The van der Waals surface area contributed by atoms with Crippen LogP contribution in [0.3, 0.4) is 0 Å². The van der Waals surface area contributed by atoms with E-state index < -0.39 is 0 Å². The Morgan fingerprint density at radius 3 is 1.36 bits per heavy atom. The first-order chi connectivity index (χ1) is 27.3. The van der Waals surface area contributed by atoms with Gasteiger partial charge in [0.25, 0.3) is 0 Å². The van der Waals surface area contributed by atoms with E-state index in [9.17, 15) is 0 Å². The van der Waals surface area contributed by atoms with Crippen molar-refractivity contribution in [1.82, 2.24) is 0 Å². The van der Waals surface area contributed by atoms with Crippen LogP contribution in [0.15, 0.2) is 200 Å². The molecule has 254 valence electrons. The van der Waals surface area contributed by atoms with E-state index in [2.05, 4.69) is 205 Å². The van der Waals surface area contributed by atoms with E-state index in [-0.39, 0.29) is 0 Å². The predicted octanol–water partition coefficient (Wildman–Crippen LogP) is 15.5. The van der Waals surface area contributed by atoms with Gasteiger partial charge in [-0.05, 0) is 122 Å². The fraction of sp³-hybridized carbons (Fsp3) is 0. The Kier molecular flexibility index (Phi) is 6.40. The average molecular weight is 696 g/mol. The molecule has 1 nitrogen and oxygen atoms in total. The number of nitrogens with zero attached hydrogens (tertiary/aromatic N) is 1. The molecule has 0 aromatic heterocycles. The summed E-state index contributed by atoms with van der Waals surface area (Å²) in [6.07, 6.45) is 0. The molecule has 0 saturated carbocycles. The van der Waals surface area contributed by atoms with E-state index in [1.54, 1.807) is 0 Å². The van der Waals surface area contributed by atoms with Crippen molar-refractivity contribution in [3.05, 3.63) is 200 Å². The fourth-order valence-electron chi connectivity index (χ4n) is 9.48. The van der Waals surface area contributed by atoms with E-state index >= 15 is 0 Å². The van der Waals surface area contributed by atoms with E-state index in [1.807, 2.05) is 0 Å². The van der Waals surface area contributed by atoms with Crippen LogP contribution in [0.25, 0.3) is 97.3 Å². The summed E-state index contributed by atoms with van der Waals surface area (Å²) in [4.78, 5) is 2.49. The lowest BCUT2D eigenvalue weighted by molar-refractivity contribution is 1.31. The molecule has 0 fully saturated rings. The van der Waals surface area contributed by atoms with Crippen LogP contribution in [0.4, 0.5) is 17.1 Å². The summed E-state index contributed by atoms with van der Waals surface area (Å²) >= 11 is 0. The van der Waals surface area contributed by atoms with Crippen molar-refractivity contribution in [2.75, 3.05) is 4.90 Å². The second-order valence-electron chi connectivity index (χ2n) is 14.8. The number of hydrogen-bond donors (Lipinski definition) is 0. The minimum absolute atomic E-state index is 1.12. The van der Waals surface area contributed by atoms with Crippen LogP contribution in [0.1, 0.15) is 0 Å². The monoisotopic (exact) mass is 695 g/mol. The number of anilines is 3. The lowest BCUT2D eigenvalue weighted by atomic mass is 9.87. The second-order valence-corrected chi connectivity index (χ2v) is 14.8. The Labute approximate surface area is 318 Å². The first-order valence-electron chi connectivity index (χ1n) is 19.1. The normalized spacial score (nSPS) is 12.0. The van der Waals surface area contributed by atoms with Gasteiger partial charge < -0.3 is 4.90 Å². The molecule has 0 saturated heterocycles. The summed E-state index contributed by atoms with van der Waals surface area (Å²) in [5.41, 5.74) is 5.82. The highest BCUT2D eigenvalue weighted by Gasteiger charge is 2.21. The molecule has 0 aliphatic rings. The Bertz CT molecular complexity index is 3460. The van der Waals surface area contributed by atoms with Crippen molar-refractivity contribution in [3.8, 4) is 11.1 Å². The fourth-order valence-corrected chi connectivity index (χ4v) is 9.48. The summed E-state index contributed by atoms with van der Waals surface area (Å²) in [5.74, 6) is 0. The van der Waals surface area contributed by atoms with Gasteiger partial charge in [-0.3, -0.25) is 0 Å². The zero-order valence-electron chi connectivity index (χ0n) is 30.0. The van der Waals surface area contributed by atoms with Crippen LogP contribution in [0.5, 0.6) is 0 Å². The Hall–Kier alpha value is -7.22. The molecule has 0 N–H and O–H groups in total. The highest BCUT2D eigenvalue weighted by Crippen LogP contribution is 2.48. The molecule has 0 aliphatic carbocycles. The molecule has 0 unspecified atom stereocenters. The van der Waals surface area contributed by atoms with Gasteiger partial charge >= 0.3 is 0 Å². The molecule has 0 heterocycles. The predicted molar refractivity (Wildman–Crippen MR) is 238 cm³/mol. The van der Waals surface area contributed by atoms with Gasteiger partial charge in [0.05, 0.1) is 5.69 Å². The van der Waals surface area contributed by atoms with Crippen LogP contribution >= 0.6 is 0 Å². The van der Waals surface area contributed by atoms with Crippen molar-refractivity contribution in [2.45, 2.75) is 0 Å². The Balaban J connectivity index is 1.25. The molecule has 0 amide bonds. The average Bonchev–Trinajstić information content (AvgIpc) is 3.25. The summed E-state index contributed by atoms with van der Waals surface area (Å²) in [6, 6.07) is 74.3. The minimum Gasteiger partial charge on any atom is -0.310 e. The summed E-state index contributed by atoms with van der Waals surface area (Å²) in [7, 11) is 0. The quantitative estimate of drug-likeness (QED) is 0.166. The third kappa shape index (κ3) is 4.48. The molecular formula is C54H33N. The van der Waals surface area contributed by atoms with Gasteiger partial charge in [0.2, 0.25) is 0 Å². The Morgan fingerprint density at radius 2 is 0.709 bits per heavy atom. The van der Waals surface area contributed by atoms with E-state index in [0.717, 1.165) is 17.1 Å². The van der Waals surface area contributed by atoms with Crippen molar-refractivity contribution in [2.24, 2.45) is 0 Å². The van der Waals surface area contributed by atoms with E-state index in [1.165, 1.54) is 97.3 Å². The molecule has 0 bridgehead atoms.